The molecule has 0 bridgehead atoms. The molecule has 0 amide bonds. The van der Waals surface area contributed by atoms with Gasteiger partial charge in [0.2, 0.25) is 0 Å². The van der Waals surface area contributed by atoms with Gasteiger partial charge in [-0.25, -0.2) is 0 Å². The molecule has 2 heterocycles. The maximum absolute atomic E-state index is 7.01. The van der Waals surface area contributed by atoms with Gasteiger partial charge in [-0.3, -0.25) is 0 Å². The number of anilines is 6. The summed E-state index contributed by atoms with van der Waals surface area (Å²) in [4.78, 5) is 4.93. The lowest BCUT2D eigenvalue weighted by atomic mass is 9.72. The predicted molar refractivity (Wildman–Crippen MR) is 228 cm³/mol. The third-order valence-corrected chi connectivity index (χ3v) is 13.3. The van der Waals surface area contributed by atoms with Gasteiger partial charge in [-0.15, -0.1) is 0 Å². The van der Waals surface area contributed by atoms with Crippen molar-refractivity contribution in [2.24, 2.45) is 0 Å². The van der Waals surface area contributed by atoms with Crippen LogP contribution in [0, 0.1) is 6.92 Å². The number of rotatable bonds is 3. The van der Waals surface area contributed by atoms with Crippen molar-refractivity contribution in [2.75, 3.05) is 9.80 Å². The van der Waals surface area contributed by atoms with Crippen LogP contribution < -0.4 is 14.5 Å². The van der Waals surface area contributed by atoms with Gasteiger partial charge < -0.3 is 14.5 Å². The highest BCUT2D eigenvalue weighted by atomic mass is 16.5. The van der Waals surface area contributed by atoms with Crippen LogP contribution >= 0.6 is 0 Å². The first-order chi connectivity index (χ1) is 26.5. The number of fused-ring (bicyclic) bond motifs is 10. The van der Waals surface area contributed by atoms with Crippen molar-refractivity contribution in [3.8, 4) is 33.8 Å². The van der Waals surface area contributed by atoms with E-state index in [1.54, 1.807) is 0 Å². The summed E-state index contributed by atoms with van der Waals surface area (Å²) in [6.07, 6.45) is 0. The Hall–Kier alpha value is -6.06. The normalized spacial score (nSPS) is 16.5. The van der Waals surface area contributed by atoms with Gasteiger partial charge in [0.1, 0.15) is 0 Å². The number of benzene rings is 7. The summed E-state index contributed by atoms with van der Waals surface area (Å²) >= 11 is 0. The van der Waals surface area contributed by atoms with Crippen LogP contribution in [-0.4, -0.2) is 0 Å². The molecule has 0 atom stereocenters. The monoisotopic (exact) mass is 712 g/mol. The highest BCUT2D eigenvalue weighted by molar-refractivity contribution is 5.97. The van der Waals surface area contributed by atoms with E-state index in [-0.39, 0.29) is 16.2 Å². The van der Waals surface area contributed by atoms with E-state index >= 15 is 0 Å². The number of hydrogen-bond acceptors (Lipinski definition) is 3. The molecule has 268 valence electrons. The van der Waals surface area contributed by atoms with E-state index in [1.807, 2.05) is 0 Å². The lowest BCUT2D eigenvalue weighted by Gasteiger charge is -2.46. The summed E-state index contributed by atoms with van der Waals surface area (Å²) in [5.41, 5.74) is 20.8. The molecule has 0 radical (unpaired) electrons. The Morgan fingerprint density at radius 2 is 0.927 bits per heavy atom. The molecule has 0 saturated heterocycles. The van der Waals surface area contributed by atoms with Crippen molar-refractivity contribution in [1.82, 2.24) is 0 Å². The van der Waals surface area contributed by atoms with Gasteiger partial charge in [-0.05, 0) is 111 Å². The Morgan fingerprint density at radius 3 is 1.55 bits per heavy atom. The van der Waals surface area contributed by atoms with Crippen molar-refractivity contribution in [1.29, 1.82) is 0 Å². The standard InChI is InChI=1S/C52H44N2O/c1-31-15-14-22-46-48(31)54-45-21-13-12-20-41(45)52(6,7)44-29-34(30-47(55-46)49(44)54)53(32-23-25-37-35-16-8-10-18-39(35)50(2,3)42(37)27-32)33-24-26-38-36-17-9-11-19-40(36)51(4,5)43(38)28-33/h8-30H,1-7H3. The molecule has 0 fully saturated rings. The molecule has 2 aliphatic heterocycles. The fourth-order valence-electron chi connectivity index (χ4n) is 10.4. The van der Waals surface area contributed by atoms with E-state index < -0.39 is 0 Å². The first kappa shape index (κ1) is 32.4. The fourth-order valence-corrected chi connectivity index (χ4v) is 10.4. The molecular weight excluding hydrogens is 669 g/mol. The first-order valence-electron chi connectivity index (χ1n) is 19.6. The minimum atomic E-state index is -0.286. The molecule has 0 unspecified atom stereocenters. The molecule has 3 heteroatoms. The van der Waals surface area contributed by atoms with Gasteiger partial charge in [0, 0.05) is 33.7 Å². The van der Waals surface area contributed by atoms with Gasteiger partial charge >= 0.3 is 0 Å². The zero-order valence-corrected chi connectivity index (χ0v) is 32.6. The molecule has 0 aromatic heterocycles. The first-order valence-corrected chi connectivity index (χ1v) is 19.6. The Morgan fingerprint density at radius 1 is 0.418 bits per heavy atom. The van der Waals surface area contributed by atoms with Crippen LogP contribution in [0.2, 0.25) is 0 Å². The van der Waals surface area contributed by atoms with E-state index in [1.165, 1.54) is 66.9 Å². The van der Waals surface area contributed by atoms with E-state index in [4.69, 9.17) is 4.74 Å². The second-order valence-electron chi connectivity index (χ2n) is 17.5. The lowest BCUT2D eigenvalue weighted by molar-refractivity contribution is 0.471. The summed E-state index contributed by atoms with van der Waals surface area (Å²) in [5, 5.41) is 0. The smallest absolute Gasteiger partial charge is 0.153 e. The van der Waals surface area contributed by atoms with Crippen LogP contribution in [0.25, 0.3) is 22.3 Å². The van der Waals surface area contributed by atoms with Gasteiger partial charge in [-0.2, -0.15) is 0 Å². The topological polar surface area (TPSA) is 15.7 Å². The molecule has 0 spiro atoms. The minimum absolute atomic E-state index is 0.131. The molecular formula is C52H44N2O. The van der Waals surface area contributed by atoms with Crippen molar-refractivity contribution < 1.29 is 4.74 Å². The predicted octanol–water partition coefficient (Wildman–Crippen LogP) is 14.3. The minimum Gasteiger partial charge on any atom is -0.453 e. The molecule has 4 aliphatic rings. The third-order valence-electron chi connectivity index (χ3n) is 13.3. The summed E-state index contributed by atoms with van der Waals surface area (Å²) in [6, 6.07) is 52.0. The number of aryl methyl sites for hydroxylation is 1. The van der Waals surface area contributed by atoms with Crippen molar-refractivity contribution in [3.05, 3.63) is 178 Å². The molecule has 7 aromatic rings. The highest BCUT2D eigenvalue weighted by Crippen LogP contribution is 2.62. The summed E-state index contributed by atoms with van der Waals surface area (Å²) < 4.78 is 7.01. The highest BCUT2D eigenvalue weighted by Gasteiger charge is 2.43. The molecule has 55 heavy (non-hydrogen) atoms. The number of para-hydroxylation sites is 2. The third kappa shape index (κ3) is 4.21. The average Bonchev–Trinajstić information content (AvgIpc) is 3.56. The molecule has 11 rings (SSSR count). The van der Waals surface area contributed by atoms with Crippen LogP contribution in [0.5, 0.6) is 11.5 Å². The maximum Gasteiger partial charge on any atom is 0.153 e. The lowest BCUT2D eigenvalue weighted by Crippen LogP contribution is -2.33. The van der Waals surface area contributed by atoms with Crippen molar-refractivity contribution >= 4 is 34.1 Å². The summed E-state index contributed by atoms with van der Waals surface area (Å²) in [5.74, 6) is 1.76. The van der Waals surface area contributed by atoms with E-state index in [2.05, 4.69) is 198 Å². The molecule has 7 aromatic carbocycles. The van der Waals surface area contributed by atoms with Gasteiger partial charge in [0.25, 0.3) is 0 Å². The molecule has 3 nitrogen and oxygen atoms in total. The molecule has 0 saturated carbocycles. The molecule has 2 aliphatic carbocycles. The zero-order chi connectivity index (χ0) is 37.6. The average molecular weight is 713 g/mol. The number of ether oxygens (including phenoxy) is 1. The Bertz CT molecular complexity index is 2700. The van der Waals surface area contributed by atoms with Crippen LogP contribution in [-0.2, 0) is 16.2 Å². The van der Waals surface area contributed by atoms with E-state index in [9.17, 15) is 0 Å². The zero-order valence-electron chi connectivity index (χ0n) is 32.6. The quantitative estimate of drug-likeness (QED) is 0.181. The Kier molecular flexibility index (Phi) is 6.35. The maximum atomic E-state index is 7.01. The van der Waals surface area contributed by atoms with E-state index in [0.29, 0.717) is 0 Å². The Labute approximate surface area is 324 Å². The van der Waals surface area contributed by atoms with Crippen LogP contribution in [0.4, 0.5) is 34.1 Å². The largest absolute Gasteiger partial charge is 0.453 e. The second kappa shape index (κ2) is 10.8. The summed E-state index contributed by atoms with van der Waals surface area (Å²) in [7, 11) is 0. The Balaban J connectivity index is 1.17. The van der Waals surface area contributed by atoms with Crippen molar-refractivity contribution in [3.63, 3.8) is 0 Å². The van der Waals surface area contributed by atoms with Crippen molar-refractivity contribution in [2.45, 2.75) is 64.7 Å². The number of hydrogen-bond donors (Lipinski definition) is 0. The number of nitrogens with zero attached hydrogens (tertiary/aromatic N) is 2. The van der Waals surface area contributed by atoms with E-state index in [0.717, 1.165) is 39.9 Å². The second-order valence-corrected chi connectivity index (χ2v) is 17.5. The van der Waals surface area contributed by atoms with Gasteiger partial charge in [-0.1, -0.05) is 133 Å². The summed E-state index contributed by atoms with van der Waals surface area (Å²) in [6.45, 7) is 16.4. The van der Waals surface area contributed by atoms with Crippen LogP contribution in [0.3, 0.4) is 0 Å². The van der Waals surface area contributed by atoms with Crippen LogP contribution in [0.1, 0.15) is 80.5 Å². The van der Waals surface area contributed by atoms with Crippen LogP contribution in [0.15, 0.2) is 140 Å². The SMILES string of the molecule is Cc1cccc2c1N1c3ccccc3C(C)(C)c3cc(N(c4ccc5c(c4)C(C)(C)c4ccccc4-5)c4ccc5c(c4)C(C)(C)c4ccccc4-5)cc(c31)O2. The fraction of sp³-hybridized carbons (Fsp3) is 0.192. The van der Waals surface area contributed by atoms with Gasteiger partial charge in [0.15, 0.2) is 11.5 Å². The van der Waals surface area contributed by atoms with Gasteiger partial charge in [0.05, 0.1) is 22.7 Å². The molecule has 0 N–H and O–H groups in total.